The number of carbonyl (C=O) groups is 1. The van der Waals surface area contributed by atoms with E-state index in [2.05, 4.69) is 10.3 Å². The van der Waals surface area contributed by atoms with Crippen molar-refractivity contribution in [1.82, 2.24) is 10.3 Å². The normalized spacial score (nSPS) is 26.9. The number of aromatic nitrogens is 1. The second kappa shape index (κ2) is 4.19. The van der Waals surface area contributed by atoms with Crippen molar-refractivity contribution in [3.8, 4) is 0 Å². The summed E-state index contributed by atoms with van der Waals surface area (Å²) < 4.78 is -0.376. The van der Waals surface area contributed by atoms with E-state index in [-0.39, 0.29) is 10.1 Å². The molecule has 1 aromatic heterocycles. The van der Waals surface area contributed by atoms with E-state index < -0.39 is 12.0 Å². The van der Waals surface area contributed by atoms with Gasteiger partial charge in [-0.05, 0) is 19.9 Å². The van der Waals surface area contributed by atoms with E-state index in [1.54, 1.807) is 24.0 Å². The lowest BCUT2D eigenvalue weighted by molar-refractivity contribution is -0.139. The van der Waals surface area contributed by atoms with Crippen molar-refractivity contribution in [2.75, 3.05) is 5.73 Å². The summed E-state index contributed by atoms with van der Waals surface area (Å²) in [5.41, 5.74) is 6.64. The predicted octanol–water partition coefficient (Wildman–Crippen LogP) is 1.23. The largest absolute Gasteiger partial charge is 0.480 e. The first kappa shape index (κ1) is 12.2. The van der Waals surface area contributed by atoms with E-state index in [9.17, 15) is 4.79 Å². The number of anilines is 1. The van der Waals surface area contributed by atoms with E-state index >= 15 is 0 Å². The molecule has 5 nitrogen and oxygen atoms in total. The molecule has 1 saturated heterocycles. The van der Waals surface area contributed by atoms with Crippen molar-refractivity contribution >= 4 is 23.5 Å². The quantitative estimate of drug-likeness (QED) is 0.734. The van der Waals surface area contributed by atoms with Crippen LogP contribution in [0.1, 0.15) is 24.8 Å². The number of nitrogens with two attached hydrogens (primary N) is 1. The Kier molecular flexibility index (Phi) is 3.01. The van der Waals surface area contributed by atoms with Gasteiger partial charge in [-0.25, -0.2) is 4.98 Å². The molecule has 92 valence electrons. The highest BCUT2D eigenvalue weighted by Crippen LogP contribution is 2.46. The van der Waals surface area contributed by atoms with Crippen LogP contribution in [-0.2, 0) is 4.79 Å². The number of rotatable bonds is 2. The Bertz CT molecular complexity index is 450. The molecular formula is C11H15N3O2S. The molecule has 1 aliphatic heterocycles. The first-order valence-corrected chi connectivity index (χ1v) is 6.17. The molecule has 2 rings (SSSR count). The number of thioether (sulfide) groups is 1. The molecule has 1 fully saturated rings. The van der Waals surface area contributed by atoms with Crippen molar-refractivity contribution in [3.05, 3.63) is 23.9 Å². The SMILES string of the molecule is CC1(C)S[C@@H](c2cccnc2N)N[C@@H]1C(=O)O. The maximum Gasteiger partial charge on any atom is 0.322 e. The summed E-state index contributed by atoms with van der Waals surface area (Å²) in [5, 5.41) is 12.1. The van der Waals surface area contributed by atoms with Gasteiger partial charge < -0.3 is 10.8 Å². The summed E-state index contributed by atoms with van der Waals surface area (Å²) in [6, 6.07) is 3.08. The van der Waals surface area contributed by atoms with Gasteiger partial charge >= 0.3 is 5.97 Å². The van der Waals surface area contributed by atoms with Crippen LogP contribution in [-0.4, -0.2) is 26.8 Å². The number of hydrogen-bond acceptors (Lipinski definition) is 5. The van der Waals surface area contributed by atoms with Gasteiger partial charge in [0.25, 0.3) is 0 Å². The number of nitrogens with zero attached hydrogens (tertiary/aromatic N) is 1. The van der Waals surface area contributed by atoms with Crippen molar-refractivity contribution in [2.24, 2.45) is 0 Å². The average Bonchev–Trinajstić information content (AvgIpc) is 2.55. The Labute approximate surface area is 104 Å². The van der Waals surface area contributed by atoms with Crippen molar-refractivity contribution < 1.29 is 9.90 Å². The van der Waals surface area contributed by atoms with Gasteiger partial charge in [0.05, 0.1) is 5.37 Å². The van der Waals surface area contributed by atoms with Gasteiger partial charge in [-0.1, -0.05) is 6.07 Å². The van der Waals surface area contributed by atoms with E-state index in [0.717, 1.165) is 5.56 Å². The minimum Gasteiger partial charge on any atom is -0.480 e. The van der Waals surface area contributed by atoms with Crippen LogP contribution < -0.4 is 11.1 Å². The Morgan fingerprint density at radius 1 is 1.65 bits per heavy atom. The second-order valence-electron chi connectivity index (χ2n) is 4.52. The monoisotopic (exact) mass is 253 g/mol. The molecule has 4 N–H and O–H groups in total. The van der Waals surface area contributed by atoms with Gasteiger partial charge in [0.1, 0.15) is 11.9 Å². The molecule has 1 aliphatic rings. The Morgan fingerprint density at radius 2 is 2.35 bits per heavy atom. The molecule has 0 aliphatic carbocycles. The number of carboxylic acid groups (broad SMARTS) is 1. The van der Waals surface area contributed by atoms with Gasteiger partial charge in [-0.2, -0.15) is 0 Å². The summed E-state index contributed by atoms with van der Waals surface area (Å²) in [6.45, 7) is 3.83. The highest BCUT2D eigenvalue weighted by molar-refractivity contribution is 8.01. The molecule has 2 heterocycles. The number of hydrogen-bond donors (Lipinski definition) is 3. The number of nitrogens with one attached hydrogen (secondary N) is 1. The maximum atomic E-state index is 11.2. The lowest BCUT2D eigenvalue weighted by Crippen LogP contribution is -2.43. The molecule has 0 bridgehead atoms. The Hall–Kier alpha value is -1.27. The number of pyridine rings is 1. The zero-order chi connectivity index (χ0) is 12.6. The summed E-state index contributed by atoms with van der Waals surface area (Å²) in [5.74, 6) is -0.396. The average molecular weight is 253 g/mol. The fourth-order valence-corrected chi connectivity index (χ4v) is 3.37. The highest BCUT2D eigenvalue weighted by atomic mass is 32.2. The molecule has 0 unspecified atom stereocenters. The van der Waals surface area contributed by atoms with Crippen molar-refractivity contribution in [2.45, 2.75) is 30.0 Å². The first-order chi connectivity index (χ1) is 7.92. The van der Waals surface area contributed by atoms with Crippen LogP contribution in [0.4, 0.5) is 5.82 Å². The molecule has 0 spiro atoms. The van der Waals surface area contributed by atoms with E-state index in [1.807, 2.05) is 19.9 Å². The molecule has 6 heteroatoms. The third kappa shape index (κ3) is 2.23. The Balaban J connectivity index is 2.28. The van der Waals surface area contributed by atoms with Crippen LogP contribution in [0.3, 0.4) is 0 Å². The number of nitrogen functional groups attached to an aromatic ring is 1. The summed E-state index contributed by atoms with van der Waals surface area (Å²) in [4.78, 5) is 15.2. The molecule has 0 amide bonds. The van der Waals surface area contributed by atoms with Gasteiger partial charge in [0, 0.05) is 16.5 Å². The topological polar surface area (TPSA) is 88.2 Å². The maximum absolute atomic E-state index is 11.2. The minimum atomic E-state index is -0.840. The molecule has 0 saturated carbocycles. The lowest BCUT2D eigenvalue weighted by Gasteiger charge is -2.20. The van der Waals surface area contributed by atoms with Gasteiger partial charge in [-0.3, -0.25) is 10.1 Å². The van der Waals surface area contributed by atoms with Crippen LogP contribution in [0.15, 0.2) is 18.3 Å². The number of aliphatic carboxylic acids is 1. The zero-order valence-electron chi connectivity index (χ0n) is 9.68. The minimum absolute atomic E-state index is 0.125. The molecular weight excluding hydrogens is 238 g/mol. The summed E-state index contributed by atoms with van der Waals surface area (Å²) >= 11 is 1.56. The molecule has 1 aromatic rings. The molecule has 17 heavy (non-hydrogen) atoms. The lowest BCUT2D eigenvalue weighted by atomic mass is 10.0. The van der Waals surface area contributed by atoms with Gasteiger partial charge in [0.2, 0.25) is 0 Å². The van der Waals surface area contributed by atoms with Crippen LogP contribution >= 0.6 is 11.8 Å². The molecule has 0 aromatic carbocycles. The Morgan fingerprint density at radius 3 is 2.88 bits per heavy atom. The summed E-state index contributed by atoms with van der Waals surface area (Å²) in [7, 11) is 0. The van der Waals surface area contributed by atoms with Crippen LogP contribution in [0.2, 0.25) is 0 Å². The standard InChI is InChI=1S/C11H15N3O2S/c1-11(2)7(10(15)16)14-9(17-11)6-4-3-5-13-8(6)12/h3-5,7,9,14H,1-2H3,(H2,12,13)(H,15,16)/t7-,9+/m1/s1. The zero-order valence-corrected chi connectivity index (χ0v) is 10.5. The second-order valence-corrected chi connectivity index (χ2v) is 6.28. The third-order valence-electron chi connectivity index (χ3n) is 2.84. The van der Waals surface area contributed by atoms with Gasteiger partial charge in [0.15, 0.2) is 0 Å². The van der Waals surface area contributed by atoms with Crippen LogP contribution in [0, 0.1) is 0 Å². The fourth-order valence-electron chi connectivity index (χ4n) is 1.93. The number of carboxylic acids is 1. The highest BCUT2D eigenvalue weighted by Gasteiger charge is 2.46. The van der Waals surface area contributed by atoms with Gasteiger partial charge in [-0.15, -0.1) is 11.8 Å². The summed E-state index contributed by atoms with van der Waals surface area (Å²) in [6.07, 6.45) is 1.62. The van der Waals surface area contributed by atoms with Crippen LogP contribution in [0.5, 0.6) is 0 Å². The fraction of sp³-hybridized carbons (Fsp3) is 0.455. The third-order valence-corrected chi connectivity index (χ3v) is 4.30. The molecule has 2 atom stereocenters. The smallest absolute Gasteiger partial charge is 0.322 e. The molecule has 0 radical (unpaired) electrons. The van der Waals surface area contributed by atoms with Crippen molar-refractivity contribution in [3.63, 3.8) is 0 Å². The van der Waals surface area contributed by atoms with E-state index in [0.29, 0.717) is 5.82 Å². The van der Waals surface area contributed by atoms with E-state index in [1.165, 1.54) is 0 Å². The first-order valence-electron chi connectivity index (χ1n) is 5.29. The predicted molar refractivity (Wildman–Crippen MR) is 67.6 cm³/mol. The van der Waals surface area contributed by atoms with Crippen LogP contribution in [0.25, 0.3) is 0 Å². The van der Waals surface area contributed by atoms with E-state index in [4.69, 9.17) is 10.8 Å². The van der Waals surface area contributed by atoms with Crippen molar-refractivity contribution in [1.29, 1.82) is 0 Å².